The van der Waals surface area contributed by atoms with Crippen molar-refractivity contribution < 1.29 is 14.7 Å². The molecule has 5 heteroatoms. The number of fused-ring (bicyclic) bond motifs is 3. The highest BCUT2D eigenvalue weighted by Crippen LogP contribution is 2.31. The molecule has 0 unspecified atom stereocenters. The van der Waals surface area contributed by atoms with Gasteiger partial charge in [-0.25, -0.2) is 0 Å². The molecule has 0 saturated carbocycles. The van der Waals surface area contributed by atoms with E-state index in [9.17, 15) is 14.7 Å². The molecule has 25 heavy (non-hydrogen) atoms. The Hall–Kier alpha value is -2.82. The molecule has 0 aliphatic heterocycles. The molecule has 5 nitrogen and oxygen atoms in total. The van der Waals surface area contributed by atoms with Gasteiger partial charge in [-0.3, -0.25) is 4.79 Å². The third-order valence-electron chi connectivity index (χ3n) is 4.42. The molecule has 0 aliphatic carbocycles. The van der Waals surface area contributed by atoms with E-state index in [0.717, 1.165) is 28.5 Å². The highest BCUT2D eigenvalue weighted by molar-refractivity contribution is 6.09. The predicted octanol–water partition coefficient (Wildman–Crippen LogP) is 2.92. The number of aromatic nitrogens is 1. The molecular weight excluding hydrogens is 316 g/mol. The Bertz CT molecular complexity index is 943. The van der Waals surface area contributed by atoms with E-state index >= 15 is 0 Å². The monoisotopic (exact) mass is 337 g/mol. The van der Waals surface area contributed by atoms with E-state index in [1.54, 1.807) is 6.92 Å². The van der Waals surface area contributed by atoms with Gasteiger partial charge in [-0.2, -0.15) is 0 Å². The van der Waals surface area contributed by atoms with Gasteiger partial charge in [0.2, 0.25) is 5.91 Å². The molecule has 0 spiro atoms. The largest absolute Gasteiger partial charge is 0.550 e. The molecule has 3 rings (SSSR count). The summed E-state index contributed by atoms with van der Waals surface area (Å²) in [5, 5.41) is 15.7. The predicted molar refractivity (Wildman–Crippen MR) is 97.2 cm³/mol. The number of nitrogens with one attached hydrogen (secondary N) is 1. The molecule has 1 heterocycles. The number of hydrogen-bond acceptors (Lipinski definition) is 3. The van der Waals surface area contributed by atoms with Crippen LogP contribution in [0, 0.1) is 5.92 Å². The van der Waals surface area contributed by atoms with Gasteiger partial charge < -0.3 is 19.8 Å². The molecule has 1 aromatic heterocycles. The summed E-state index contributed by atoms with van der Waals surface area (Å²) >= 11 is 0. The minimum absolute atomic E-state index is 0.115. The Morgan fingerprint density at radius 1 is 1.08 bits per heavy atom. The first kappa shape index (κ1) is 17.0. The van der Waals surface area contributed by atoms with Crippen LogP contribution in [0.25, 0.3) is 21.8 Å². The van der Waals surface area contributed by atoms with E-state index in [1.165, 1.54) is 5.52 Å². The molecule has 0 fully saturated rings. The number of rotatable bonds is 6. The topological polar surface area (TPSA) is 74.2 Å². The van der Waals surface area contributed by atoms with Crippen LogP contribution in [0.5, 0.6) is 0 Å². The van der Waals surface area contributed by atoms with Crippen LogP contribution in [0.2, 0.25) is 0 Å². The van der Waals surface area contributed by atoms with E-state index < -0.39 is 5.97 Å². The average Bonchev–Trinajstić information content (AvgIpc) is 2.87. The number of aryl methyl sites for hydroxylation is 1. The third-order valence-corrected chi connectivity index (χ3v) is 4.42. The summed E-state index contributed by atoms with van der Waals surface area (Å²) < 4.78 is 2.25. The Morgan fingerprint density at radius 2 is 1.80 bits per heavy atom. The fraction of sp³-hybridized carbons (Fsp3) is 0.300. The smallest absolute Gasteiger partial charge is 0.224 e. The Labute approximate surface area is 146 Å². The van der Waals surface area contributed by atoms with Gasteiger partial charge >= 0.3 is 0 Å². The second-order valence-electron chi connectivity index (χ2n) is 6.43. The molecular formula is C20H21N2O3-. The standard InChI is InChI=1S/C20H22N2O3/c1-3-22-17-7-5-4-6-15(17)16-12-14(8-9-18(16)22)21-19(23)10-13(2)11-20(24)25/h4-9,12-13H,3,10-11H2,1-2H3,(H,21,23)(H,24,25)/p-1/t13-/m1/s1. The van der Waals surface area contributed by atoms with Gasteiger partial charge in [0.15, 0.2) is 0 Å². The highest BCUT2D eigenvalue weighted by atomic mass is 16.4. The number of carbonyl (C=O) groups is 2. The minimum Gasteiger partial charge on any atom is -0.550 e. The van der Waals surface area contributed by atoms with Crippen molar-refractivity contribution in [2.75, 3.05) is 5.32 Å². The lowest BCUT2D eigenvalue weighted by Gasteiger charge is -2.12. The van der Waals surface area contributed by atoms with Crippen molar-refractivity contribution in [2.24, 2.45) is 5.92 Å². The Balaban J connectivity index is 1.87. The minimum atomic E-state index is -1.13. The van der Waals surface area contributed by atoms with Crippen molar-refractivity contribution in [1.82, 2.24) is 4.57 Å². The average molecular weight is 337 g/mol. The summed E-state index contributed by atoms with van der Waals surface area (Å²) in [4.78, 5) is 22.7. The molecule has 0 aliphatic rings. The lowest BCUT2D eigenvalue weighted by Crippen LogP contribution is -2.26. The van der Waals surface area contributed by atoms with Crippen LogP contribution in [0.3, 0.4) is 0 Å². The molecule has 1 atom stereocenters. The summed E-state index contributed by atoms with van der Waals surface area (Å²) in [6.07, 6.45) is 0.0409. The van der Waals surface area contributed by atoms with Crippen LogP contribution in [0.1, 0.15) is 26.7 Å². The molecule has 0 radical (unpaired) electrons. The first-order valence-electron chi connectivity index (χ1n) is 8.50. The van der Waals surface area contributed by atoms with Crippen LogP contribution in [0.15, 0.2) is 42.5 Å². The van der Waals surface area contributed by atoms with Crippen molar-refractivity contribution in [3.63, 3.8) is 0 Å². The number of amides is 1. The number of benzene rings is 2. The van der Waals surface area contributed by atoms with Crippen molar-refractivity contribution in [1.29, 1.82) is 0 Å². The zero-order chi connectivity index (χ0) is 18.0. The fourth-order valence-corrected chi connectivity index (χ4v) is 3.36. The van der Waals surface area contributed by atoms with Gasteiger partial charge in [0.1, 0.15) is 0 Å². The van der Waals surface area contributed by atoms with Crippen molar-refractivity contribution in [3.8, 4) is 0 Å². The number of para-hydroxylation sites is 1. The quantitative estimate of drug-likeness (QED) is 0.751. The Morgan fingerprint density at radius 3 is 2.52 bits per heavy atom. The van der Waals surface area contributed by atoms with Crippen LogP contribution in [-0.2, 0) is 16.1 Å². The van der Waals surface area contributed by atoms with Crippen LogP contribution in [0.4, 0.5) is 5.69 Å². The maximum atomic E-state index is 12.1. The summed E-state index contributed by atoms with van der Waals surface area (Å²) in [7, 11) is 0. The summed E-state index contributed by atoms with van der Waals surface area (Å²) in [5.41, 5.74) is 3.02. The second kappa shape index (κ2) is 6.97. The van der Waals surface area contributed by atoms with E-state index in [2.05, 4.69) is 28.9 Å². The number of aliphatic carboxylic acids is 1. The summed E-state index contributed by atoms with van der Waals surface area (Å²) in [6.45, 7) is 4.71. The number of nitrogens with zero attached hydrogens (tertiary/aromatic N) is 1. The molecule has 1 N–H and O–H groups in total. The lowest BCUT2D eigenvalue weighted by molar-refractivity contribution is -0.306. The van der Waals surface area contributed by atoms with Gasteiger partial charge in [0.05, 0.1) is 0 Å². The molecule has 0 saturated heterocycles. The SMILES string of the molecule is CCn1c2ccccc2c2cc(NC(=O)C[C@@H](C)CC(=O)[O-])ccc21. The van der Waals surface area contributed by atoms with E-state index in [4.69, 9.17) is 0 Å². The lowest BCUT2D eigenvalue weighted by atomic mass is 10.0. The number of anilines is 1. The number of carboxylic acid groups (broad SMARTS) is 1. The zero-order valence-corrected chi connectivity index (χ0v) is 14.4. The van der Waals surface area contributed by atoms with E-state index in [0.29, 0.717) is 0 Å². The summed E-state index contributed by atoms with van der Waals surface area (Å²) in [5.74, 6) is -1.57. The third kappa shape index (κ3) is 3.50. The fourth-order valence-electron chi connectivity index (χ4n) is 3.36. The normalized spacial score (nSPS) is 12.4. The molecule has 0 bridgehead atoms. The second-order valence-corrected chi connectivity index (χ2v) is 6.43. The number of carbonyl (C=O) groups excluding carboxylic acids is 2. The van der Waals surface area contributed by atoms with Gasteiger partial charge in [-0.05, 0) is 43.5 Å². The van der Waals surface area contributed by atoms with Crippen molar-refractivity contribution in [2.45, 2.75) is 33.2 Å². The maximum Gasteiger partial charge on any atom is 0.224 e. The maximum absolute atomic E-state index is 12.1. The van der Waals surface area contributed by atoms with Gasteiger partial charge in [-0.15, -0.1) is 0 Å². The molecule has 130 valence electrons. The van der Waals surface area contributed by atoms with Gasteiger partial charge in [0, 0.05) is 46.4 Å². The van der Waals surface area contributed by atoms with E-state index in [1.807, 2.05) is 30.3 Å². The van der Waals surface area contributed by atoms with Crippen LogP contribution >= 0.6 is 0 Å². The van der Waals surface area contributed by atoms with Crippen LogP contribution in [-0.4, -0.2) is 16.4 Å². The van der Waals surface area contributed by atoms with Crippen LogP contribution < -0.4 is 10.4 Å². The van der Waals surface area contributed by atoms with Crippen molar-refractivity contribution >= 4 is 39.4 Å². The zero-order valence-electron chi connectivity index (χ0n) is 14.4. The Kier molecular flexibility index (Phi) is 4.74. The number of carboxylic acids is 1. The van der Waals surface area contributed by atoms with Gasteiger partial charge in [0.25, 0.3) is 0 Å². The molecule has 1 amide bonds. The molecule has 2 aromatic carbocycles. The first-order chi connectivity index (χ1) is 12.0. The summed E-state index contributed by atoms with van der Waals surface area (Å²) in [6, 6.07) is 14.1. The van der Waals surface area contributed by atoms with Crippen molar-refractivity contribution in [3.05, 3.63) is 42.5 Å². The van der Waals surface area contributed by atoms with Gasteiger partial charge in [-0.1, -0.05) is 25.1 Å². The molecule has 3 aromatic rings. The first-order valence-corrected chi connectivity index (χ1v) is 8.50. The number of hydrogen-bond donors (Lipinski definition) is 1. The van der Waals surface area contributed by atoms with E-state index in [-0.39, 0.29) is 24.7 Å². The highest BCUT2D eigenvalue weighted by Gasteiger charge is 2.12.